The van der Waals surface area contributed by atoms with Crippen molar-refractivity contribution in [3.63, 3.8) is 0 Å². The Kier molecular flexibility index (Phi) is 5.63. The Bertz CT molecular complexity index is 257. The third kappa shape index (κ3) is 4.87. The van der Waals surface area contributed by atoms with E-state index in [1.807, 2.05) is 0 Å². The highest BCUT2D eigenvalue weighted by Crippen LogP contribution is 2.38. The Labute approximate surface area is 113 Å². The van der Waals surface area contributed by atoms with Crippen molar-refractivity contribution in [3.8, 4) is 0 Å². The average Bonchev–Trinajstić information content (AvgIpc) is 2.92. The van der Waals surface area contributed by atoms with Gasteiger partial charge in [0.2, 0.25) is 0 Å². The summed E-state index contributed by atoms with van der Waals surface area (Å²) in [4.78, 5) is 2.45. The SMILES string of the molecule is CC(C)NC(C)(CO)CC(C)N(C)CC1CC1C. The van der Waals surface area contributed by atoms with Gasteiger partial charge in [0.25, 0.3) is 0 Å². The van der Waals surface area contributed by atoms with Crippen LogP contribution in [0.1, 0.15) is 47.5 Å². The van der Waals surface area contributed by atoms with Crippen LogP contribution in [0, 0.1) is 11.8 Å². The van der Waals surface area contributed by atoms with E-state index in [1.165, 1.54) is 13.0 Å². The van der Waals surface area contributed by atoms with Crippen LogP contribution in [-0.2, 0) is 0 Å². The molecule has 108 valence electrons. The lowest BCUT2D eigenvalue weighted by molar-refractivity contribution is 0.117. The number of aliphatic hydroxyl groups is 1. The molecular formula is C15H32N2O. The molecule has 18 heavy (non-hydrogen) atoms. The Morgan fingerprint density at radius 2 is 1.94 bits per heavy atom. The maximum Gasteiger partial charge on any atom is 0.0611 e. The molecule has 3 nitrogen and oxygen atoms in total. The maximum atomic E-state index is 9.62. The minimum atomic E-state index is -0.170. The normalized spacial score (nSPS) is 28.5. The Hall–Kier alpha value is -0.120. The molecule has 0 radical (unpaired) electrons. The summed E-state index contributed by atoms with van der Waals surface area (Å²) < 4.78 is 0. The van der Waals surface area contributed by atoms with Gasteiger partial charge in [-0.1, -0.05) is 20.8 Å². The number of hydrogen-bond acceptors (Lipinski definition) is 3. The van der Waals surface area contributed by atoms with Crippen LogP contribution < -0.4 is 5.32 Å². The van der Waals surface area contributed by atoms with Gasteiger partial charge in [-0.2, -0.15) is 0 Å². The fourth-order valence-electron chi connectivity index (χ4n) is 2.88. The highest BCUT2D eigenvalue weighted by atomic mass is 16.3. The zero-order chi connectivity index (χ0) is 13.9. The molecule has 3 heteroatoms. The summed E-state index contributed by atoms with van der Waals surface area (Å²) in [6.07, 6.45) is 2.37. The molecule has 0 spiro atoms. The minimum Gasteiger partial charge on any atom is -0.394 e. The van der Waals surface area contributed by atoms with Crippen LogP contribution in [0.25, 0.3) is 0 Å². The van der Waals surface area contributed by atoms with E-state index < -0.39 is 0 Å². The number of rotatable bonds is 8. The molecule has 0 heterocycles. The van der Waals surface area contributed by atoms with Crippen molar-refractivity contribution in [2.45, 2.75) is 65.1 Å². The Balaban J connectivity index is 2.42. The van der Waals surface area contributed by atoms with Crippen LogP contribution in [0.15, 0.2) is 0 Å². The standard InChI is InChI=1S/C15H32N2O/c1-11(2)16-15(5,10-18)8-13(4)17(6)9-14-7-12(14)3/h11-14,16,18H,7-10H2,1-6H3. The molecule has 0 saturated heterocycles. The molecule has 0 bridgehead atoms. The molecule has 0 amide bonds. The fourth-order valence-corrected chi connectivity index (χ4v) is 2.88. The van der Waals surface area contributed by atoms with Crippen molar-refractivity contribution in [2.75, 3.05) is 20.2 Å². The van der Waals surface area contributed by atoms with Gasteiger partial charge in [0.15, 0.2) is 0 Å². The second kappa shape index (κ2) is 6.36. The van der Waals surface area contributed by atoms with E-state index in [0.717, 1.165) is 18.3 Å². The number of nitrogens with one attached hydrogen (secondary N) is 1. The average molecular weight is 256 g/mol. The second-order valence-corrected chi connectivity index (χ2v) is 6.98. The molecule has 0 aromatic carbocycles. The summed E-state index contributed by atoms with van der Waals surface area (Å²) in [5.74, 6) is 1.81. The van der Waals surface area contributed by atoms with Gasteiger partial charge in [-0.3, -0.25) is 0 Å². The zero-order valence-electron chi connectivity index (χ0n) is 13.0. The van der Waals surface area contributed by atoms with Gasteiger partial charge in [0.1, 0.15) is 0 Å². The summed E-state index contributed by atoms with van der Waals surface area (Å²) in [6, 6.07) is 0.907. The Morgan fingerprint density at radius 3 is 2.33 bits per heavy atom. The third-order valence-corrected chi connectivity index (χ3v) is 4.28. The van der Waals surface area contributed by atoms with Crippen molar-refractivity contribution >= 4 is 0 Å². The first kappa shape index (κ1) is 15.9. The van der Waals surface area contributed by atoms with Crippen LogP contribution >= 0.6 is 0 Å². The van der Waals surface area contributed by atoms with E-state index in [0.29, 0.717) is 12.1 Å². The van der Waals surface area contributed by atoms with Gasteiger partial charge in [0.05, 0.1) is 6.61 Å². The van der Waals surface area contributed by atoms with E-state index in [2.05, 4.69) is 51.9 Å². The van der Waals surface area contributed by atoms with Crippen LogP contribution in [0.2, 0.25) is 0 Å². The smallest absolute Gasteiger partial charge is 0.0611 e. The van der Waals surface area contributed by atoms with Gasteiger partial charge >= 0.3 is 0 Å². The predicted octanol–water partition coefficient (Wildman–Crippen LogP) is 2.10. The van der Waals surface area contributed by atoms with E-state index in [9.17, 15) is 5.11 Å². The van der Waals surface area contributed by atoms with Crippen molar-refractivity contribution < 1.29 is 5.11 Å². The number of aliphatic hydroxyl groups excluding tert-OH is 1. The van der Waals surface area contributed by atoms with E-state index in [4.69, 9.17) is 0 Å². The van der Waals surface area contributed by atoms with Gasteiger partial charge in [-0.05, 0) is 45.6 Å². The summed E-state index contributed by atoms with van der Waals surface area (Å²) in [5.41, 5.74) is -0.170. The largest absolute Gasteiger partial charge is 0.394 e. The fraction of sp³-hybridized carbons (Fsp3) is 1.00. The van der Waals surface area contributed by atoms with Crippen LogP contribution in [0.5, 0.6) is 0 Å². The molecule has 1 saturated carbocycles. The lowest BCUT2D eigenvalue weighted by Gasteiger charge is -2.36. The van der Waals surface area contributed by atoms with Gasteiger partial charge < -0.3 is 15.3 Å². The first-order valence-electron chi connectivity index (χ1n) is 7.36. The monoisotopic (exact) mass is 256 g/mol. The predicted molar refractivity (Wildman–Crippen MR) is 77.7 cm³/mol. The molecule has 0 aromatic heterocycles. The van der Waals surface area contributed by atoms with Crippen molar-refractivity contribution in [1.29, 1.82) is 0 Å². The summed E-state index contributed by atoms with van der Waals surface area (Å²) in [7, 11) is 2.21. The first-order chi connectivity index (χ1) is 8.27. The molecule has 1 aliphatic rings. The molecular weight excluding hydrogens is 224 g/mol. The molecule has 4 unspecified atom stereocenters. The second-order valence-electron chi connectivity index (χ2n) is 6.98. The molecule has 1 aliphatic carbocycles. The lowest BCUT2D eigenvalue weighted by atomic mass is 9.93. The summed E-state index contributed by atoms with van der Waals surface area (Å²) in [6.45, 7) is 12.4. The zero-order valence-corrected chi connectivity index (χ0v) is 13.0. The van der Waals surface area contributed by atoms with E-state index in [1.54, 1.807) is 0 Å². The van der Waals surface area contributed by atoms with Crippen molar-refractivity contribution in [3.05, 3.63) is 0 Å². The molecule has 1 fully saturated rings. The third-order valence-electron chi connectivity index (χ3n) is 4.28. The molecule has 0 aromatic rings. The minimum absolute atomic E-state index is 0.170. The summed E-state index contributed by atoms with van der Waals surface area (Å²) >= 11 is 0. The van der Waals surface area contributed by atoms with Gasteiger partial charge in [-0.25, -0.2) is 0 Å². The maximum absolute atomic E-state index is 9.62. The van der Waals surface area contributed by atoms with Crippen LogP contribution in [0.3, 0.4) is 0 Å². The highest BCUT2D eigenvalue weighted by molar-refractivity contribution is 4.90. The number of hydrogen-bond donors (Lipinski definition) is 2. The molecule has 2 N–H and O–H groups in total. The van der Waals surface area contributed by atoms with Crippen LogP contribution in [-0.4, -0.2) is 47.8 Å². The summed E-state index contributed by atoms with van der Waals surface area (Å²) in [5, 5.41) is 13.1. The molecule has 1 rings (SSSR count). The van der Waals surface area contributed by atoms with Gasteiger partial charge in [0, 0.05) is 24.2 Å². The Morgan fingerprint density at radius 1 is 1.39 bits per heavy atom. The van der Waals surface area contributed by atoms with E-state index in [-0.39, 0.29) is 12.1 Å². The first-order valence-corrected chi connectivity index (χ1v) is 7.36. The topological polar surface area (TPSA) is 35.5 Å². The number of nitrogens with zero attached hydrogens (tertiary/aromatic N) is 1. The van der Waals surface area contributed by atoms with Crippen molar-refractivity contribution in [2.24, 2.45) is 11.8 Å². The van der Waals surface area contributed by atoms with Crippen LogP contribution in [0.4, 0.5) is 0 Å². The van der Waals surface area contributed by atoms with Gasteiger partial charge in [-0.15, -0.1) is 0 Å². The van der Waals surface area contributed by atoms with Crippen molar-refractivity contribution in [1.82, 2.24) is 10.2 Å². The highest BCUT2D eigenvalue weighted by Gasteiger charge is 2.35. The quantitative estimate of drug-likeness (QED) is 0.698. The lowest BCUT2D eigenvalue weighted by Crippen LogP contribution is -2.52. The molecule has 0 aliphatic heterocycles. The molecule has 4 atom stereocenters. The van der Waals surface area contributed by atoms with E-state index >= 15 is 0 Å².